The van der Waals surface area contributed by atoms with Crippen LogP contribution in [0.2, 0.25) is 0 Å². The van der Waals surface area contributed by atoms with E-state index in [-0.39, 0.29) is 6.54 Å². The summed E-state index contributed by atoms with van der Waals surface area (Å²) in [4.78, 5) is 27.3. The highest BCUT2D eigenvalue weighted by molar-refractivity contribution is 7.42. The molecule has 0 saturated heterocycles. The van der Waals surface area contributed by atoms with Crippen LogP contribution in [0.4, 0.5) is 13.2 Å². The maximum absolute atomic E-state index is 11.7. The molecular formula is C8H16F3N2O3P. The zero-order valence-electron chi connectivity index (χ0n) is 9.13. The standard InChI is InChI=1S/C8H16F3N2O3P/c9-8(10,11)7(14)12-5-3-1-2-4-6-13-17(15)16/h13,15-16H,1-6H2,(H,12,14). The molecule has 0 aromatic heterocycles. The molecule has 0 radical (unpaired) electrons. The molecule has 0 unspecified atom stereocenters. The van der Waals surface area contributed by atoms with E-state index in [1.807, 2.05) is 0 Å². The maximum Gasteiger partial charge on any atom is 0.471 e. The molecule has 1 amide bonds. The third kappa shape index (κ3) is 10.4. The van der Waals surface area contributed by atoms with E-state index in [4.69, 9.17) is 9.79 Å². The van der Waals surface area contributed by atoms with Gasteiger partial charge < -0.3 is 15.1 Å². The fourth-order valence-corrected chi connectivity index (χ4v) is 1.44. The summed E-state index contributed by atoms with van der Waals surface area (Å²) in [7, 11) is -2.08. The molecule has 0 heterocycles. The second kappa shape index (κ2) is 8.63. The van der Waals surface area contributed by atoms with Crippen molar-refractivity contribution >= 4 is 14.4 Å². The molecule has 0 aromatic carbocycles. The van der Waals surface area contributed by atoms with Gasteiger partial charge in [-0.3, -0.25) is 9.88 Å². The quantitative estimate of drug-likeness (QED) is 0.394. The third-order valence-corrected chi connectivity index (χ3v) is 2.41. The SMILES string of the molecule is O=C(NCCCCCCNP(O)O)C(F)(F)F. The van der Waals surface area contributed by atoms with Gasteiger partial charge in [0.2, 0.25) is 8.53 Å². The average molecular weight is 276 g/mol. The smallest absolute Gasteiger partial charge is 0.348 e. The fraction of sp³-hybridized carbons (Fsp3) is 0.875. The molecule has 0 rings (SSSR count). The van der Waals surface area contributed by atoms with Gasteiger partial charge >= 0.3 is 12.1 Å². The lowest BCUT2D eigenvalue weighted by Gasteiger charge is -2.07. The Balaban J connectivity index is 3.27. The Morgan fingerprint density at radius 2 is 1.59 bits per heavy atom. The van der Waals surface area contributed by atoms with E-state index in [9.17, 15) is 18.0 Å². The van der Waals surface area contributed by atoms with Crippen molar-refractivity contribution in [2.45, 2.75) is 31.9 Å². The van der Waals surface area contributed by atoms with Crippen LogP contribution in [-0.4, -0.2) is 35.0 Å². The predicted molar refractivity (Wildman–Crippen MR) is 56.9 cm³/mol. The first-order valence-electron chi connectivity index (χ1n) is 5.10. The number of halogens is 3. The zero-order chi connectivity index (χ0) is 13.3. The van der Waals surface area contributed by atoms with Gasteiger partial charge in [-0.1, -0.05) is 12.8 Å². The molecule has 102 valence electrons. The van der Waals surface area contributed by atoms with Crippen LogP contribution < -0.4 is 10.4 Å². The first-order chi connectivity index (χ1) is 7.84. The zero-order valence-corrected chi connectivity index (χ0v) is 10.0. The van der Waals surface area contributed by atoms with E-state index in [0.717, 1.165) is 6.42 Å². The summed E-state index contributed by atoms with van der Waals surface area (Å²) in [5.74, 6) is -1.91. The molecule has 9 heteroatoms. The van der Waals surface area contributed by atoms with E-state index >= 15 is 0 Å². The van der Waals surface area contributed by atoms with Crippen molar-refractivity contribution in [3.05, 3.63) is 0 Å². The van der Waals surface area contributed by atoms with Crippen molar-refractivity contribution in [3.8, 4) is 0 Å². The van der Waals surface area contributed by atoms with Crippen LogP contribution in [0.15, 0.2) is 0 Å². The van der Waals surface area contributed by atoms with Crippen LogP contribution >= 0.6 is 8.53 Å². The minimum atomic E-state index is -4.82. The summed E-state index contributed by atoms with van der Waals surface area (Å²) in [6.45, 7) is 0.450. The Labute approximate surface area is 98.4 Å². The molecular weight excluding hydrogens is 260 g/mol. The molecule has 0 atom stereocenters. The van der Waals surface area contributed by atoms with Gasteiger partial charge in [0.05, 0.1) is 0 Å². The number of hydrogen-bond acceptors (Lipinski definition) is 4. The van der Waals surface area contributed by atoms with Crippen LogP contribution in [0, 0.1) is 0 Å². The van der Waals surface area contributed by atoms with Crippen LogP contribution in [0.5, 0.6) is 0 Å². The van der Waals surface area contributed by atoms with Crippen molar-refractivity contribution in [2.24, 2.45) is 0 Å². The first kappa shape index (κ1) is 16.6. The van der Waals surface area contributed by atoms with E-state index in [0.29, 0.717) is 25.8 Å². The number of carbonyl (C=O) groups is 1. The van der Waals surface area contributed by atoms with Crippen molar-refractivity contribution in [1.82, 2.24) is 10.4 Å². The Morgan fingerprint density at radius 3 is 2.06 bits per heavy atom. The summed E-state index contributed by atoms with van der Waals surface area (Å²) in [6, 6.07) is 0. The highest BCUT2D eigenvalue weighted by Crippen LogP contribution is 2.15. The highest BCUT2D eigenvalue weighted by Gasteiger charge is 2.38. The number of amides is 1. The molecule has 0 saturated carbocycles. The topological polar surface area (TPSA) is 81.6 Å². The fourth-order valence-electron chi connectivity index (χ4n) is 1.08. The number of rotatable bonds is 8. The highest BCUT2D eigenvalue weighted by atomic mass is 31.2. The number of nitrogens with one attached hydrogen (secondary N) is 2. The van der Waals surface area contributed by atoms with Crippen LogP contribution in [0.3, 0.4) is 0 Å². The maximum atomic E-state index is 11.7. The number of hydrogen-bond donors (Lipinski definition) is 4. The third-order valence-electron chi connectivity index (χ3n) is 1.90. The van der Waals surface area contributed by atoms with Crippen molar-refractivity contribution in [2.75, 3.05) is 13.1 Å². The molecule has 0 aliphatic rings. The monoisotopic (exact) mass is 276 g/mol. The van der Waals surface area contributed by atoms with Gasteiger partial charge in [0.25, 0.3) is 0 Å². The van der Waals surface area contributed by atoms with Gasteiger partial charge in [-0.15, -0.1) is 0 Å². The molecule has 17 heavy (non-hydrogen) atoms. The first-order valence-corrected chi connectivity index (χ1v) is 6.35. The van der Waals surface area contributed by atoms with Gasteiger partial charge in [-0.25, -0.2) is 0 Å². The van der Waals surface area contributed by atoms with Crippen LogP contribution in [-0.2, 0) is 4.79 Å². The summed E-state index contributed by atoms with van der Waals surface area (Å²) in [5.41, 5.74) is 0. The Morgan fingerprint density at radius 1 is 1.06 bits per heavy atom. The Hall–Kier alpha value is -0.430. The molecule has 0 fully saturated rings. The molecule has 0 bridgehead atoms. The lowest BCUT2D eigenvalue weighted by atomic mass is 10.2. The van der Waals surface area contributed by atoms with E-state index in [2.05, 4.69) is 5.09 Å². The normalized spacial score (nSPS) is 11.9. The van der Waals surface area contributed by atoms with Gasteiger partial charge in [0.1, 0.15) is 0 Å². The van der Waals surface area contributed by atoms with Crippen molar-refractivity contribution in [3.63, 3.8) is 0 Å². The van der Waals surface area contributed by atoms with Crippen molar-refractivity contribution in [1.29, 1.82) is 0 Å². The van der Waals surface area contributed by atoms with Crippen LogP contribution in [0.25, 0.3) is 0 Å². The number of alkyl halides is 3. The van der Waals surface area contributed by atoms with E-state index < -0.39 is 20.6 Å². The average Bonchev–Trinajstić information content (AvgIpc) is 2.19. The molecule has 0 aromatic rings. The molecule has 5 nitrogen and oxygen atoms in total. The minimum Gasteiger partial charge on any atom is -0.348 e. The summed E-state index contributed by atoms with van der Waals surface area (Å²) >= 11 is 0. The lowest BCUT2D eigenvalue weighted by molar-refractivity contribution is -0.173. The van der Waals surface area contributed by atoms with Gasteiger partial charge in [0.15, 0.2) is 0 Å². The minimum absolute atomic E-state index is 0.00151. The van der Waals surface area contributed by atoms with E-state index in [1.165, 1.54) is 0 Å². The Kier molecular flexibility index (Phi) is 8.41. The van der Waals surface area contributed by atoms with Crippen LogP contribution in [0.1, 0.15) is 25.7 Å². The molecule has 4 N–H and O–H groups in total. The predicted octanol–water partition coefficient (Wildman–Crippen LogP) is 1.03. The second-order valence-electron chi connectivity index (χ2n) is 3.37. The van der Waals surface area contributed by atoms with Gasteiger partial charge in [-0.2, -0.15) is 13.2 Å². The van der Waals surface area contributed by atoms with E-state index in [1.54, 1.807) is 5.32 Å². The Bertz CT molecular complexity index is 227. The lowest BCUT2D eigenvalue weighted by Crippen LogP contribution is -2.37. The molecule has 0 aliphatic carbocycles. The number of carbonyl (C=O) groups excluding carboxylic acids is 1. The van der Waals surface area contributed by atoms with Gasteiger partial charge in [0, 0.05) is 13.1 Å². The summed E-state index contributed by atoms with van der Waals surface area (Å²) < 4.78 is 35.2. The molecule has 0 aliphatic heterocycles. The summed E-state index contributed by atoms with van der Waals surface area (Å²) in [5, 5.41) is 4.21. The van der Waals surface area contributed by atoms with Gasteiger partial charge in [-0.05, 0) is 12.8 Å². The number of unbranched alkanes of at least 4 members (excludes halogenated alkanes) is 3. The molecule has 0 spiro atoms. The van der Waals surface area contributed by atoms with Crippen molar-refractivity contribution < 1.29 is 27.8 Å². The summed E-state index contributed by atoms with van der Waals surface area (Å²) in [6.07, 6.45) is -2.22. The second-order valence-corrected chi connectivity index (χ2v) is 4.26. The largest absolute Gasteiger partial charge is 0.471 e.